The van der Waals surface area contributed by atoms with E-state index in [2.05, 4.69) is 30.7 Å². The summed E-state index contributed by atoms with van der Waals surface area (Å²) in [7, 11) is 0. The molecular formula is C19H20BrN3O2. The summed E-state index contributed by atoms with van der Waals surface area (Å²) in [6, 6.07) is 7.44. The number of carbonyl (C=O) groups excluding carboxylic acids is 1. The van der Waals surface area contributed by atoms with Crippen molar-refractivity contribution in [2.24, 2.45) is 0 Å². The number of carbonyl (C=O) groups is 1. The molecule has 0 atom stereocenters. The topological polar surface area (TPSA) is 60.9 Å². The molecule has 1 aromatic carbocycles. The lowest BCUT2D eigenvalue weighted by molar-refractivity contribution is 0.103. The molecule has 5 nitrogen and oxygen atoms in total. The highest BCUT2D eigenvalue weighted by Crippen LogP contribution is 2.32. The number of rotatable bonds is 5. The molecule has 0 aliphatic heterocycles. The lowest BCUT2D eigenvalue weighted by atomic mass is 10.00. The van der Waals surface area contributed by atoms with E-state index in [9.17, 15) is 4.79 Å². The largest absolute Gasteiger partial charge is 0.419 e. The van der Waals surface area contributed by atoms with Crippen molar-refractivity contribution in [1.82, 2.24) is 14.8 Å². The Hall–Kier alpha value is -2.21. The van der Waals surface area contributed by atoms with Crippen LogP contribution in [0.25, 0.3) is 11.6 Å². The Morgan fingerprint density at radius 3 is 2.60 bits per heavy atom. The number of hydrogen-bond donors (Lipinski definition) is 0. The standard InChI is InChI=1S/C19H20BrN3O2/c1-5-15-21-22-19(25-15)17-11(3)16(12(4)23(17)6-2)18(24)13-8-7-9-14(20)10-13/h7-10H,5-6H2,1-4H3. The van der Waals surface area contributed by atoms with E-state index in [4.69, 9.17) is 4.42 Å². The molecule has 6 heteroatoms. The lowest BCUT2D eigenvalue weighted by Gasteiger charge is -2.06. The first-order chi connectivity index (χ1) is 12.0. The van der Waals surface area contributed by atoms with Crippen molar-refractivity contribution < 1.29 is 9.21 Å². The second-order valence-electron chi connectivity index (χ2n) is 5.87. The average Bonchev–Trinajstić information content (AvgIpc) is 3.16. The van der Waals surface area contributed by atoms with E-state index in [1.807, 2.05) is 52.0 Å². The van der Waals surface area contributed by atoms with Crippen LogP contribution in [0.5, 0.6) is 0 Å². The monoisotopic (exact) mass is 401 g/mol. The fourth-order valence-electron chi connectivity index (χ4n) is 3.17. The molecule has 0 bridgehead atoms. The van der Waals surface area contributed by atoms with Gasteiger partial charge >= 0.3 is 0 Å². The van der Waals surface area contributed by atoms with Gasteiger partial charge in [0.2, 0.25) is 5.89 Å². The van der Waals surface area contributed by atoms with Crippen LogP contribution in [0.15, 0.2) is 33.2 Å². The highest BCUT2D eigenvalue weighted by molar-refractivity contribution is 9.10. The van der Waals surface area contributed by atoms with E-state index >= 15 is 0 Å². The number of halogens is 1. The third-order valence-electron chi connectivity index (χ3n) is 4.37. The molecule has 3 aromatic rings. The first-order valence-electron chi connectivity index (χ1n) is 8.30. The van der Waals surface area contributed by atoms with Gasteiger partial charge in [-0.3, -0.25) is 4.79 Å². The SMILES string of the molecule is CCc1nnc(-c2c(C)c(C(=O)c3cccc(Br)c3)c(C)n2CC)o1. The summed E-state index contributed by atoms with van der Waals surface area (Å²) in [5.41, 5.74) is 3.96. The summed E-state index contributed by atoms with van der Waals surface area (Å²) in [6.45, 7) is 8.63. The number of aromatic nitrogens is 3. The zero-order chi connectivity index (χ0) is 18.1. The molecule has 0 unspecified atom stereocenters. The van der Waals surface area contributed by atoms with Crippen molar-refractivity contribution in [3.8, 4) is 11.6 Å². The Morgan fingerprint density at radius 1 is 1.24 bits per heavy atom. The van der Waals surface area contributed by atoms with Crippen molar-refractivity contribution in [2.75, 3.05) is 0 Å². The van der Waals surface area contributed by atoms with E-state index in [0.717, 1.165) is 28.0 Å². The minimum atomic E-state index is -0.0000182. The third kappa shape index (κ3) is 3.06. The molecule has 2 aromatic heterocycles. The van der Waals surface area contributed by atoms with Crippen molar-refractivity contribution in [3.63, 3.8) is 0 Å². The van der Waals surface area contributed by atoms with Gasteiger partial charge in [0.25, 0.3) is 5.89 Å². The number of aryl methyl sites for hydroxylation is 1. The lowest BCUT2D eigenvalue weighted by Crippen LogP contribution is -2.05. The zero-order valence-corrected chi connectivity index (χ0v) is 16.3. The molecule has 0 aliphatic rings. The number of hydrogen-bond acceptors (Lipinski definition) is 4. The maximum Gasteiger partial charge on any atom is 0.264 e. The van der Waals surface area contributed by atoms with Crippen LogP contribution in [-0.2, 0) is 13.0 Å². The van der Waals surface area contributed by atoms with Crippen LogP contribution < -0.4 is 0 Å². The molecule has 0 N–H and O–H groups in total. The molecule has 0 saturated carbocycles. The van der Waals surface area contributed by atoms with E-state index in [-0.39, 0.29) is 5.78 Å². The van der Waals surface area contributed by atoms with Gasteiger partial charge in [0.1, 0.15) is 5.69 Å². The van der Waals surface area contributed by atoms with Crippen LogP contribution in [0, 0.1) is 13.8 Å². The van der Waals surface area contributed by atoms with Crippen molar-refractivity contribution in [1.29, 1.82) is 0 Å². The van der Waals surface area contributed by atoms with Gasteiger partial charge in [-0.25, -0.2) is 0 Å². The van der Waals surface area contributed by atoms with E-state index in [0.29, 0.717) is 29.3 Å². The van der Waals surface area contributed by atoms with Gasteiger partial charge in [0.15, 0.2) is 5.78 Å². The molecule has 0 fully saturated rings. The quantitative estimate of drug-likeness (QED) is 0.579. The molecule has 2 heterocycles. The maximum absolute atomic E-state index is 13.1. The van der Waals surface area contributed by atoms with Crippen LogP contribution in [0.1, 0.15) is 46.9 Å². The van der Waals surface area contributed by atoms with Gasteiger partial charge in [-0.05, 0) is 38.5 Å². The van der Waals surface area contributed by atoms with Gasteiger partial charge < -0.3 is 8.98 Å². The van der Waals surface area contributed by atoms with Gasteiger partial charge in [-0.15, -0.1) is 10.2 Å². The number of benzene rings is 1. The van der Waals surface area contributed by atoms with Crippen molar-refractivity contribution in [2.45, 2.75) is 40.7 Å². The summed E-state index contributed by atoms with van der Waals surface area (Å²) in [5, 5.41) is 8.23. The molecule has 0 radical (unpaired) electrons. The van der Waals surface area contributed by atoms with Crippen molar-refractivity contribution >= 4 is 21.7 Å². The predicted octanol–water partition coefficient (Wildman–Crippen LogP) is 4.73. The molecule has 25 heavy (non-hydrogen) atoms. The van der Waals surface area contributed by atoms with Gasteiger partial charge in [-0.2, -0.15) is 0 Å². The van der Waals surface area contributed by atoms with Crippen LogP contribution in [-0.4, -0.2) is 20.5 Å². The first kappa shape index (κ1) is 17.6. The maximum atomic E-state index is 13.1. The highest BCUT2D eigenvalue weighted by atomic mass is 79.9. The highest BCUT2D eigenvalue weighted by Gasteiger charge is 2.26. The number of nitrogens with zero attached hydrogens (tertiary/aromatic N) is 3. The summed E-state index contributed by atoms with van der Waals surface area (Å²) in [6.07, 6.45) is 0.682. The Balaban J connectivity index is 2.17. The fraction of sp³-hybridized carbons (Fsp3) is 0.316. The Morgan fingerprint density at radius 2 is 2.00 bits per heavy atom. The summed E-state index contributed by atoms with van der Waals surface area (Å²) in [5.74, 6) is 1.06. The van der Waals surface area contributed by atoms with E-state index in [1.165, 1.54) is 0 Å². The van der Waals surface area contributed by atoms with Gasteiger partial charge in [0.05, 0.1) is 0 Å². The molecular weight excluding hydrogens is 382 g/mol. The zero-order valence-electron chi connectivity index (χ0n) is 14.8. The normalized spacial score (nSPS) is 11.1. The molecule has 0 spiro atoms. The molecule has 0 aliphatic carbocycles. The second-order valence-corrected chi connectivity index (χ2v) is 6.79. The third-order valence-corrected chi connectivity index (χ3v) is 4.86. The smallest absolute Gasteiger partial charge is 0.264 e. The summed E-state index contributed by atoms with van der Waals surface area (Å²) < 4.78 is 8.70. The van der Waals surface area contributed by atoms with E-state index in [1.54, 1.807) is 0 Å². The molecule has 0 saturated heterocycles. The Bertz CT molecular complexity index is 940. The Kier molecular flexibility index (Phi) is 4.90. The summed E-state index contributed by atoms with van der Waals surface area (Å²) >= 11 is 3.43. The van der Waals surface area contributed by atoms with Crippen molar-refractivity contribution in [3.05, 3.63) is 57.0 Å². The minimum absolute atomic E-state index is 0.0000182. The van der Waals surface area contributed by atoms with Crippen LogP contribution >= 0.6 is 15.9 Å². The summed E-state index contributed by atoms with van der Waals surface area (Å²) in [4.78, 5) is 13.1. The fourth-order valence-corrected chi connectivity index (χ4v) is 3.57. The minimum Gasteiger partial charge on any atom is -0.419 e. The molecule has 0 amide bonds. The van der Waals surface area contributed by atoms with Gasteiger partial charge in [0, 0.05) is 34.3 Å². The first-order valence-corrected chi connectivity index (χ1v) is 9.09. The van der Waals surface area contributed by atoms with E-state index < -0.39 is 0 Å². The predicted molar refractivity (Wildman–Crippen MR) is 99.8 cm³/mol. The average molecular weight is 402 g/mol. The van der Waals surface area contributed by atoms with Gasteiger partial charge in [-0.1, -0.05) is 35.0 Å². The van der Waals surface area contributed by atoms with Crippen LogP contribution in [0.2, 0.25) is 0 Å². The molecule has 130 valence electrons. The Labute approximate surface area is 155 Å². The second kappa shape index (κ2) is 6.96. The number of ketones is 1. The van der Waals surface area contributed by atoms with Crippen LogP contribution in [0.3, 0.4) is 0 Å². The van der Waals surface area contributed by atoms with Crippen LogP contribution in [0.4, 0.5) is 0 Å². The molecule has 3 rings (SSSR count).